The standard InChI is InChI=1S/C19H18N2O4/c1-3-24-15-11-9-14(10-12-15)20-18(22)17-16(19(23)25-21(17)2)13-7-5-4-6-8-13/h4-12H,3H2,1-2H3,(H,20,22). The molecule has 25 heavy (non-hydrogen) atoms. The number of hydrogen-bond acceptors (Lipinski definition) is 4. The maximum absolute atomic E-state index is 12.7. The molecule has 1 N–H and O–H groups in total. The number of benzene rings is 2. The van der Waals surface area contributed by atoms with Crippen molar-refractivity contribution in [3.05, 3.63) is 70.7 Å². The highest BCUT2D eigenvalue weighted by molar-refractivity contribution is 6.07. The molecular formula is C19H18N2O4. The van der Waals surface area contributed by atoms with E-state index in [9.17, 15) is 9.59 Å². The van der Waals surface area contributed by atoms with Crippen LogP contribution in [-0.2, 0) is 7.05 Å². The van der Waals surface area contributed by atoms with E-state index in [0.29, 0.717) is 17.9 Å². The van der Waals surface area contributed by atoms with Gasteiger partial charge in [-0.05, 0) is 36.8 Å². The van der Waals surface area contributed by atoms with E-state index in [1.54, 1.807) is 48.5 Å². The largest absolute Gasteiger partial charge is 0.494 e. The van der Waals surface area contributed by atoms with Crippen LogP contribution >= 0.6 is 0 Å². The Labute approximate surface area is 144 Å². The molecule has 0 aliphatic rings. The number of anilines is 1. The molecule has 0 radical (unpaired) electrons. The van der Waals surface area contributed by atoms with E-state index in [1.165, 1.54) is 11.8 Å². The van der Waals surface area contributed by atoms with E-state index in [-0.39, 0.29) is 11.3 Å². The lowest BCUT2D eigenvalue weighted by Gasteiger charge is -2.08. The second-order valence-corrected chi connectivity index (χ2v) is 5.38. The highest BCUT2D eigenvalue weighted by atomic mass is 16.5. The number of carbonyl (C=O) groups is 1. The fourth-order valence-corrected chi connectivity index (χ4v) is 2.58. The Morgan fingerprint density at radius 3 is 2.44 bits per heavy atom. The molecule has 0 aliphatic carbocycles. The van der Waals surface area contributed by atoms with Crippen LogP contribution in [0.5, 0.6) is 5.75 Å². The summed E-state index contributed by atoms with van der Waals surface area (Å²) in [6.07, 6.45) is 0. The first-order chi connectivity index (χ1) is 12.1. The van der Waals surface area contributed by atoms with Gasteiger partial charge in [0, 0.05) is 12.7 Å². The summed E-state index contributed by atoms with van der Waals surface area (Å²) >= 11 is 0. The normalized spacial score (nSPS) is 10.5. The van der Waals surface area contributed by atoms with E-state index in [2.05, 4.69) is 5.32 Å². The van der Waals surface area contributed by atoms with Gasteiger partial charge in [0.05, 0.1) is 6.61 Å². The Kier molecular flexibility index (Phi) is 4.70. The zero-order valence-electron chi connectivity index (χ0n) is 14.0. The number of aromatic nitrogens is 1. The van der Waals surface area contributed by atoms with Gasteiger partial charge in [0.1, 0.15) is 11.3 Å². The summed E-state index contributed by atoms with van der Waals surface area (Å²) in [5.41, 5.74) is 1.09. The van der Waals surface area contributed by atoms with Crippen molar-refractivity contribution in [1.82, 2.24) is 4.74 Å². The van der Waals surface area contributed by atoms with E-state index >= 15 is 0 Å². The Morgan fingerprint density at radius 2 is 1.80 bits per heavy atom. The average Bonchev–Trinajstić information content (AvgIpc) is 2.92. The molecule has 1 heterocycles. The fraction of sp³-hybridized carbons (Fsp3) is 0.158. The maximum atomic E-state index is 12.7. The molecule has 128 valence electrons. The predicted octanol–water partition coefficient (Wildman–Crippen LogP) is 3.30. The summed E-state index contributed by atoms with van der Waals surface area (Å²) < 4.78 is 11.7. The van der Waals surface area contributed by atoms with Crippen molar-refractivity contribution < 1.29 is 14.1 Å². The van der Waals surface area contributed by atoms with Crippen LogP contribution in [0.25, 0.3) is 11.1 Å². The Balaban J connectivity index is 1.91. The zero-order valence-corrected chi connectivity index (χ0v) is 14.0. The van der Waals surface area contributed by atoms with Crippen molar-refractivity contribution in [3.8, 4) is 16.9 Å². The molecule has 2 aromatic carbocycles. The summed E-state index contributed by atoms with van der Waals surface area (Å²) in [5, 5.41) is 2.78. The Morgan fingerprint density at radius 1 is 1.12 bits per heavy atom. The smallest absolute Gasteiger partial charge is 0.366 e. The Hall–Kier alpha value is -3.28. The Bertz CT molecular complexity index is 924. The molecule has 0 bridgehead atoms. The summed E-state index contributed by atoms with van der Waals surface area (Å²) in [6, 6.07) is 16.0. The lowest BCUT2D eigenvalue weighted by Crippen LogP contribution is -2.17. The summed E-state index contributed by atoms with van der Waals surface area (Å²) in [5.74, 6) is 0.303. The van der Waals surface area contributed by atoms with Gasteiger partial charge >= 0.3 is 5.63 Å². The number of nitrogens with zero attached hydrogens (tertiary/aromatic N) is 1. The molecule has 0 saturated heterocycles. The molecule has 1 amide bonds. The number of amides is 1. The third kappa shape index (κ3) is 3.47. The van der Waals surface area contributed by atoms with Crippen molar-refractivity contribution in [2.75, 3.05) is 11.9 Å². The average molecular weight is 338 g/mol. The minimum absolute atomic E-state index is 0.171. The molecule has 1 aromatic heterocycles. The van der Waals surface area contributed by atoms with Crippen LogP contribution in [-0.4, -0.2) is 17.3 Å². The van der Waals surface area contributed by atoms with Gasteiger partial charge in [-0.15, -0.1) is 0 Å². The van der Waals surface area contributed by atoms with Gasteiger partial charge < -0.3 is 14.6 Å². The van der Waals surface area contributed by atoms with Gasteiger partial charge in [-0.1, -0.05) is 30.3 Å². The van der Waals surface area contributed by atoms with Gasteiger partial charge in [-0.3, -0.25) is 4.79 Å². The molecule has 0 spiro atoms. The third-order valence-electron chi connectivity index (χ3n) is 3.68. The SMILES string of the molecule is CCOc1ccc(NC(=O)c2c(-c3ccccc3)c(=O)on2C)cc1. The number of carbonyl (C=O) groups excluding carboxylic acids is 1. The first kappa shape index (κ1) is 16.6. The van der Waals surface area contributed by atoms with Gasteiger partial charge in [0.15, 0.2) is 5.69 Å². The number of aryl methyl sites for hydroxylation is 1. The van der Waals surface area contributed by atoms with Gasteiger partial charge in [-0.25, -0.2) is 9.53 Å². The van der Waals surface area contributed by atoms with Crippen LogP contribution in [0.3, 0.4) is 0 Å². The molecular weight excluding hydrogens is 320 g/mol. The first-order valence-corrected chi connectivity index (χ1v) is 7.90. The number of ether oxygens (including phenoxy) is 1. The van der Waals surface area contributed by atoms with Crippen LogP contribution in [0.15, 0.2) is 63.9 Å². The first-order valence-electron chi connectivity index (χ1n) is 7.90. The van der Waals surface area contributed by atoms with E-state index in [4.69, 9.17) is 9.26 Å². The molecule has 6 heteroatoms. The van der Waals surface area contributed by atoms with Crippen LogP contribution in [0.2, 0.25) is 0 Å². The number of hydrogen-bond donors (Lipinski definition) is 1. The van der Waals surface area contributed by atoms with Crippen molar-refractivity contribution in [3.63, 3.8) is 0 Å². The third-order valence-corrected chi connectivity index (χ3v) is 3.68. The molecule has 0 fully saturated rings. The summed E-state index contributed by atoms with van der Waals surface area (Å²) in [6.45, 7) is 2.48. The minimum atomic E-state index is -0.550. The highest BCUT2D eigenvalue weighted by Gasteiger charge is 2.23. The summed E-state index contributed by atoms with van der Waals surface area (Å²) in [7, 11) is 1.53. The number of nitrogens with one attached hydrogen (secondary N) is 1. The van der Waals surface area contributed by atoms with Crippen molar-refractivity contribution in [2.45, 2.75) is 6.92 Å². The second-order valence-electron chi connectivity index (χ2n) is 5.38. The van der Waals surface area contributed by atoms with E-state index in [1.807, 2.05) is 13.0 Å². The molecule has 3 rings (SSSR count). The molecule has 0 atom stereocenters. The lowest BCUT2D eigenvalue weighted by molar-refractivity contribution is 0.100. The molecule has 0 unspecified atom stereocenters. The minimum Gasteiger partial charge on any atom is -0.494 e. The zero-order chi connectivity index (χ0) is 17.8. The summed E-state index contributed by atoms with van der Waals surface area (Å²) in [4.78, 5) is 24.8. The van der Waals surface area contributed by atoms with Crippen LogP contribution < -0.4 is 15.7 Å². The van der Waals surface area contributed by atoms with E-state index in [0.717, 1.165) is 5.75 Å². The fourth-order valence-electron chi connectivity index (χ4n) is 2.58. The van der Waals surface area contributed by atoms with E-state index < -0.39 is 11.5 Å². The van der Waals surface area contributed by atoms with Gasteiger partial charge in [-0.2, -0.15) is 0 Å². The van der Waals surface area contributed by atoms with Gasteiger partial charge in [0.25, 0.3) is 5.91 Å². The van der Waals surface area contributed by atoms with Gasteiger partial charge in [0.2, 0.25) is 0 Å². The molecule has 0 saturated carbocycles. The van der Waals surface area contributed by atoms with Crippen LogP contribution in [0.4, 0.5) is 5.69 Å². The predicted molar refractivity (Wildman–Crippen MR) is 94.9 cm³/mol. The molecule has 0 aliphatic heterocycles. The topological polar surface area (TPSA) is 73.5 Å². The van der Waals surface area contributed by atoms with Crippen molar-refractivity contribution >= 4 is 11.6 Å². The maximum Gasteiger partial charge on any atom is 0.366 e. The second kappa shape index (κ2) is 7.09. The quantitative estimate of drug-likeness (QED) is 0.775. The van der Waals surface area contributed by atoms with Crippen molar-refractivity contribution in [2.24, 2.45) is 7.05 Å². The lowest BCUT2D eigenvalue weighted by atomic mass is 10.1. The molecule has 3 aromatic rings. The van der Waals surface area contributed by atoms with Crippen LogP contribution in [0.1, 0.15) is 17.4 Å². The monoisotopic (exact) mass is 338 g/mol. The highest BCUT2D eigenvalue weighted by Crippen LogP contribution is 2.22. The van der Waals surface area contributed by atoms with Crippen LogP contribution in [0, 0.1) is 0 Å². The van der Waals surface area contributed by atoms with Crippen molar-refractivity contribution in [1.29, 1.82) is 0 Å². The molecule has 6 nitrogen and oxygen atoms in total. The number of rotatable bonds is 5.